The third-order valence-electron chi connectivity index (χ3n) is 1.49. The number of halogens is 1. The largest absolute Gasteiger partial charge is 0.479 e. The Kier molecular flexibility index (Phi) is 5.47. The second-order valence-corrected chi connectivity index (χ2v) is 3.69. The van der Waals surface area contributed by atoms with Crippen molar-refractivity contribution in [1.29, 1.82) is 0 Å². The summed E-state index contributed by atoms with van der Waals surface area (Å²) in [5.74, 6) is -0.349. The Morgan fingerprint density at radius 1 is 1.50 bits per heavy atom. The summed E-state index contributed by atoms with van der Waals surface area (Å²) in [5.41, 5.74) is 0. The van der Waals surface area contributed by atoms with E-state index in [2.05, 4.69) is 22.6 Å². The van der Waals surface area contributed by atoms with Crippen molar-refractivity contribution in [2.24, 2.45) is 0 Å². The van der Waals surface area contributed by atoms with Crippen molar-refractivity contribution < 1.29 is 14.6 Å². The SMILES string of the molecule is C[C@@H](Oc1ccccc1I)C(=O)O.[NH4+]. The lowest BCUT2D eigenvalue weighted by Gasteiger charge is -2.11. The van der Waals surface area contributed by atoms with Gasteiger partial charge in [0.05, 0.1) is 3.57 Å². The number of aliphatic carboxylic acids is 1. The summed E-state index contributed by atoms with van der Waals surface area (Å²) >= 11 is 2.10. The molecular weight excluding hydrogens is 297 g/mol. The zero-order chi connectivity index (χ0) is 9.84. The molecule has 0 amide bonds. The topological polar surface area (TPSA) is 83.0 Å². The van der Waals surface area contributed by atoms with Gasteiger partial charge in [-0.15, -0.1) is 0 Å². The Labute approximate surface area is 96.0 Å². The third kappa shape index (κ3) is 3.51. The van der Waals surface area contributed by atoms with Crippen molar-refractivity contribution in [3.8, 4) is 5.75 Å². The van der Waals surface area contributed by atoms with Crippen molar-refractivity contribution in [3.63, 3.8) is 0 Å². The quantitative estimate of drug-likeness (QED) is 0.842. The number of quaternary nitrogens is 1. The number of rotatable bonds is 3. The predicted molar refractivity (Wildman–Crippen MR) is 62.9 cm³/mol. The molecule has 78 valence electrons. The summed E-state index contributed by atoms with van der Waals surface area (Å²) < 4.78 is 6.11. The number of hydrogen-bond acceptors (Lipinski definition) is 2. The molecule has 0 saturated heterocycles. The van der Waals surface area contributed by atoms with Crippen LogP contribution in [0.2, 0.25) is 0 Å². The molecule has 1 rings (SSSR count). The van der Waals surface area contributed by atoms with Crippen molar-refractivity contribution >= 4 is 28.6 Å². The van der Waals surface area contributed by atoms with Crippen LogP contribution in [0.4, 0.5) is 0 Å². The van der Waals surface area contributed by atoms with Crippen molar-refractivity contribution in [3.05, 3.63) is 27.8 Å². The number of carbonyl (C=O) groups is 1. The Balaban J connectivity index is 0.00000169. The number of carboxylic acid groups (broad SMARTS) is 1. The van der Waals surface area contributed by atoms with Crippen molar-refractivity contribution in [2.75, 3.05) is 0 Å². The highest BCUT2D eigenvalue weighted by molar-refractivity contribution is 14.1. The third-order valence-corrected chi connectivity index (χ3v) is 2.38. The van der Waals surface area contributed by atoms with Crippen LogP contribution in [-0.4, -0.2) is 17.2 Å². The molecule has 14 heavy (non-hydrogen) atoms. The average Bonchev–Trinajstić information content (AvgIpc) is 2.08. The van der Waals surface area contributed by atoms with Gasteiger partial charge in [-0.3, -0.25) is 0 Å². The fraction of sp³-hybridized carbons (Fsp3) is 0.222. The van der Waals surface area contributed by atoms with Crippen LogP contribution in [0.1, 0.15) is 6.92 Å². The predicted octanol–water partition coefficient (Wildman–Crippen LogP) is 2.52. The zero-order valence-corrected chi connectivity index (χ0v) is 10.2. The zero-order valence-electron chi connectivity index (χ0n) is 8.03. The molecular formula is C9H13INO3+. The molecule has 0 aliphatic carbocycles. The molecule has 0 unspecified atom stereocenters. The molecule has 1 aromatic rings. The fourth-order valence-electron chi connectivity index (χ4n) is 0.781. The first kappa shape index (κ1) is 13.2. The minimum atomic E-state index is -0.959. The minimum absolute atomic E-state index is 0. The molecule has 0 aliphatic heterocycles. The molecule has 0 bridgehead atoms. The molecule has 0 spiro atoms. The van der Waals surface area contributed by atoms with Gasteiger partial charge in [0.15, 0.2) is 6.10 Å². The van der Waals surface area contributed by atoms with E-state index in [1.807, 2.05) is 18.2 Å². The van der Waals surface area contributed by atoms with E-state index in [1.165, 1.54) is 6.92 Å². The number of ether oxygens (including phenoxy) is 1. The minimum Gasteiger partial charge on any atom is -0.479 e. The van der Waals surface area contributed by atoms with Crippen LogP contribution in [0.25, 0.3) is 0 Å². The van der Waals surface area contributed by atoms with Gasteiger partial charge in [-0.1, -0.05) is 12.1 Å². The van der Waals surface area contributed by atoms with Crippen molar-refractivity contribution in [2.45, 2.75) is 13.0 Å². The standard InChI is InChI=1S/C9H9IO3.H3N/c1-6(9(11)12)13-8-5-3-2-4-7(8)10;/h2-6H,1H3,(H,11,12);1H3/p+1/t6-;/m1./s1. The molecule has 0 radical (unpaired) electrons. The van der Waals surface area contributed by atoms with Gasteiger partial charge in [0.1, 0.15) is 5.75 Å². The van der Waals surface area contributed by atoms with Crippen molar-refractivity contribution in [1.82, 2.24) is 6.15 Å². The maximum absolute atomic E-state index is 10.5. The Morgan fingerprint density at radius 2 is 2.07 bits per heavy atom. The van der Waals surface area contributed by atoms with Crippen LogP contribution in [0.3, 0.4) is 0 Å². The molecule has 1 aromatic carbocycles. The van der Waals surface area contributed by atoms with Crippen LogP contribution >= 0.6 is 22.6 Å². The Morgan fingerprint density at radius 3 is 2.57 bits per heavy atom. The molecule has 0 saturated carbocycles. The Bertz CT molecular complexity index is 317. The van der Waals surface area contributed by atoms with E-state index in [-0.39, 0.29) is 6.15 Å². The lowest BCUT2D eigenvalue weighted by Crippen LogP contribution is -2.23. The molecule has 5 N–H and O–H groups in total. The highest BCUT2D eigenvalue weighted by Crippen LogP contribution is 2.20. The van der Waals surface area contributed by atoms with Crippen LogP contribution in [-0.2, 0) is 4.79 Å². The lowest BCUT2D eigenvalue weighted by atomic mass is 10.3. The monoisotopic (exact) mass is 310 g/mol. The maximum atomic E-state index is 10.5. The van der Waals surface area contributed by atoms with Gasteiger partial charge in [-0.25, -0.2) is 4.79 Å². The highest BCUT2D eigenvalue weighted by atomic mass is 127. The number of para-hydroxylation sites is 1. The summed E-state index contributed by atoms with van der Waals surface area (Å²) in [7, 11) is 0. The molecule has 0 aromatic heterocycles. The van der Waals surface area contributed by atoms with Crippen LogP contribution in [0.15, 0.2) is 24.3 Å². The van der Waals surface area contributed by atoms with Gasteiger partial charge < -0.3 is 16.0 Å². The normalized spacial score (nSPS) is 11.3. The number of benzene rings is 1. The second-order valence-electron chi connectivity index (χ2n) is 2.53. The first-order chi connectivity index (χ1) is 6.11. The second kappa shape index (κ2) is 5.82. The summed E-state index contributed by atoms with van der Waals surface area (Å²) in [6.07, 6.45) is -0.809. The van der Waals surface area contributed by atoms with E-state index in [0.717, 1.165) is 3.57 Å². The van der Waals surface area contributed by atoms with Crippen LogP contribution in [0, 0.1) is 3.57 Å². The maximum Gasteiger partial charge on any atom is 0.344 e. The van der Waals surface area contributed by atoms with Gasteiger partial charge in [0.25, 0.3) is 0 Å². The van der Waals surface area contributed by atoms with Gasteiger partial charge in [-0.05, 0) is 41.6 Å². The van der Waals surface area contributed by atoms with E-state index in [4.69, 9.17) is 9.84 Å². The van der Waals surface area contributed by atoms with E-state index >= 15 is 0 Å². The molecule has 4 nitrogen and oxygen atoms in total. The van der Waals surface area contributed by atoms with E-state index in [9.17, 15) is 4.79 Å². The van der Waals surface area contributed by atoms with Crippen LogP contribution in [0.5, 0.6) is 5.75 Å². The summed E-state index contributed by atoms with van der Waals surface area (Å²) in [6, 6.07) is 7.30. The Hall–Kier alpha value is -0.820. The summed E-state index contributed by atoms with van der Waals surface area (Å²) in [5, 5.41) is 8.61. The average molecular weight is 310 g/mol. The number of carboxylic acids is 1. The van der Waals surface area contributed by atoms with Gasteiger partial charge in [0, 0.05) is 0 Å². The van der Waals surface area contributed by atoms with Gasteiger partial charge in [-0.2, -0.15) is 0 Å². The fourth-order valence-corrected chi connectivity index (χ4v) is 1.30. The lowest BCUT2D eigenvalue weighted by molar-refractivity contribution is -0.144. The molecule has 0 heterocycles. The molecule has 1 atom stereocenters. The first-order valence-electron chi connectivity index (χ1n) is 3.75. The van der Waals surface area contributed by atoms with Crippen LogP contribution < -0.4 is 10.9 Å². The number of hydrogen-bond donors (Lipinski definition) is 2. The van der Waals surface area contributed by atoms with E-state index in [0.29, 0.717) is 5.75 Å². The molecule has 5 heteroatoms. The first-order valence-corrected chi connectivity index (χ1v) is 4.83. The summed E-state index contributed by atoms with van der Waals surface area (Å²) in [4.78, 5) is 10.5. The molecule has 0 aliphatic rings. The van der Waals surface area contributed by atoms with Gasteiger partial charge in [0.2, 0.25) is 0 Å². The summed E-state index contributed by atoms with van der Waals surface area (Å²) in [6.45, 7) is 1.51. The molecule has 0 fully saturated rings. The highest BCUT2D eigenvalue weighted by Gasteiger charge is 2.13. The van der Waals surface area contributed by atoms with E-state index < -0.39 is 12.1 Å². The smallest absolute Gasteiger partial charge is 0.344 e. The van der Waals surface area contributed by atoms with Gasteiger partial charge >= 0.3 is 5.97 Å². The van der Waals surface area contributed by atoms with E-state index in [1.54, 1.807) is 6.07 Å².